The van der Waals surface area contributed by atoms with E-state index in [-0.39, 0.29) is 11.8 Å². The molecule has 0 saturated carbocycles. The van der Waals surface area contributed by atoms with Crippen molar-refractivity contribution >= 4 is 5.91 Å². The Morgan fingerprint density at radius 3 is 2.70 bits per heavy atom. The van der Waals surface area contributed by atoms with Gasteiger partial charge in [0.15, 0.2) is 0 Å². The molecule has 10 heavy (non-hydrogen) atoms. The van der Waals surface area contributed by atoms with E-state index in [1.807, 2.05) is 0 Å². The highest BCUT2D eigenvalue weighted by Crippen LogP contribution is 2.19. The molecule has 1 atom stereocenters. The summed E-state index contributed by atoms with van der Waals surface area (Å²) in [5.74, 6) is 1.02. The maximum atomic E-state index is 11.1. The number of carbonyl (C=O) groups is 1. The minimum absolute atomic E-state index is 0.251. The van der Waals surface area contributed by atoms with Crippen molar-refractivity contribution in [3.8, 4) is 0 Å². The number of nitrogens with one attached hydrogen (secondary N) is 1. The topological polar surface area (TPSA) is 29.1 Å². The van der Waals surface area contributed by atoms with Crippen molar-refractivity contribution in [2.45, 2.75) is 26.7 Å². The number of piperidine rings is 1. The summed E-state index contributed by atoms with van der Waals surface area (Å²) in [6.45, 7) is 5.09. The summed E-state index contributed by atoms with van der Waals surface area (Å²) in [6.07, 6.45) is 2.22. The van der Waals surface area contributed by atoms with Crippen molar-refractivity contribution in [2.75, 3.05) is 6.54 Å². The van der Waals surface area contributed by atoms with E-state index in [9.17, 15) is 4.79 Å². The molecule has 1 unspecified atom stereocenters. The van der Waals surface area contributed by atoms with Crippen LogP contribution in [0.25, 0.3) is 0 Å². The molecule has 1 aliphatic rings. The van der Waals surface area contributed by atoms with E-state index in [1.165, 1.54) is 0 Å². The van der Waals surface area contributed by atoms with E-state index in [1.54, 1.807) is 0 Å². The average Bonchev–Trinajstić information content (AvgIpc) is 1.88. The van der Waals surface area contributed by atoms with Gasteiger partial charge in [-0.1, -0.05) is 13.8 Å². The minimum Gasteiger partial charge on any atom is -0.356 e. The summed E-state index contributed by atoms with van der Waals surface area (Å²) in [6, 6.07) is 0. The third-order valence-electron chi connectivity index (χ3n) is 2.13. The van der Waals surface area contributed by atoms with E-state index in [2.05, 4.69) is 19.2 Å². The molecule has 0 aromatic heterocycles. The van der Waals surface area contributed by atoms with Crippen molar-refractivity contribution in [3.05, 3.63) is 0 Å². The number of hydrogen-bond acceptors (Lipinski definition) is 1. The fourth-order valence-electron chi connectivity index (χ4n) is 1.43. The Bertz CT molecular complexity index is 131. The van der Waals surface area contributed by atoms with E-state index >= 15 is 0 Å². The molecule has 1 rings (SSSR count). The molecular formula is C8H15NO. The largest absolute Gasteiger partial charge is 0.356 e. The normalized spacial score (nSPS) is 26.7. The minimum atomic E-state index is 0.251. The Morgan fingerprint density at radius 2 is 2.30 bits per heavy atom. The van der Waals surface area contributed by atoms with Gasteiger partial charge in [0.2, 0.25) is 5.91 Å². The number of hydrogen-bond donors (Lipinski definition) is 1. The van der Waals surface area contributed by atoms with Gasteiger partial charge in [-0.15, -0.1) is 0 Å². The zero-order valence-corrected chi connectivity index (χ0v) is 6.68. The Kier molecular flexibility index (Phi) is 2.30. The molecule has 0 bridgehead atoms. The van der Waals surface area contributed by atoms with Crippen molar-refractivity contribution in [1.82, 2.24) is 5.32 Å². The van der Waals surface area contributed by atoms with Crippen molar-refractivity contribution in [2.24, 2.45) is 11.8 Å². The zero-order chi connectivity index (χ0) is 7.56. The molecule has 0 aromatic rings. The highest BCUT2D eigenvalue weighted by Gasteiger charge is 2.24. The van der Waals surface area contributed by atoms with Crippen LogP contribution in [0.1, 0.15) is 26.7 Å². The third-order valence-corrected chi connectivity index (χ3v) is 2.13. The number of rotatable bonds is 1. The number of carbonyl (C=O) groups excluding carboxylic acids is 1. The fraction of sp³-hybridized carbons (Fsp3) is 0.875. The molecule has 1 N–H and O–H groups in total. The van der Waals surface area contributed by atoms with Gasteiger partial charge in [-0.05, 0) is 18.8 Å². The smallest absolute Gasteiger partial charge is 0.223 e. The third kappa shape index (κ3) is 1.49. The molecule has 2 heteroatoms. The van der Waals surface area contributed by atoms with Gasteiger partial charge in [0, 0.05) is 12.5 Å². The average molecular weight is 141 g/mol. The molecule has 2 nitrogen and oxygen atoms in total. The second-order valence-electron chi connectivity index (χ2n) is 3.28. The highest BCUT2D eigenvalue weighted by atomic mass is 16.1. The lowest BCUT2D eigenvalue weighted by atomic mass is 9.88. The predicted molar refractivity (Wildman–Crippen MR) is 40.6 cm³/mol. The van der Waals surface area contributed by atoms with Gasteiger partial charge in [0.1, 0.15) is 0 Å². The summed E-state index contributed by atoms with van der Waals surface area (Å²) >= 11 is 0. The second kappa shape index (κ2) is 3.04. The van der Waals surface area contributed by atoms with Crippen LogP contribution >= 0.6 is 0 Å². The lowest BCUT2D eigenvalue weighted by Crippen LogP contribution is -2.38. The Morgan fingerprint density at radius 1 is 1.60 bits per heavy atom. The summed E-state index contributed by atoms with van der Waals surface area (Å²) < 4.78 is 0. The van der Waals surface area contributed by atoms with Gasteiger partial charge in [0.25, 0.3) is 0 Å². The fourth-order valence-corrected chi connectivity index (χ4v) is 1.43. The van der Waals surface area contributed by atoms with Crippen LogP contribution in [0.4, 0.5) is 0 Å². The van der Waals surface area contributed by atoms with Crippen LogP contribution in [0, 0.1) is 11.8 Å². The monoisotopic (exact) mass is 141 g/mol. The zero-order valence-electron chi connectivity index (χ0n) is 6.68. The van der Waals surface area contributed by atoms with Crippen LogP contribution in [0.2, 0.25) is 0 Å². The molecule has 0 aliphatic carbocycles. The van der Waals surface area contributed by atoms with Gasteiger partial charge in [-0.25, -0.2) is 0 Å². The van der Waals surface area contributed by atoms with Crippen LogP contribution < -0.4 is 5.32 Å². The highest BCUT2D eigenvalue weighted by molar-refractivity contribution is 5.79. The van der Waals surface area contributed by atoms with Crippen LogP contribution in [0.15, 0.2) is 0 Å². The summed E-state index contributed by atoms with van der Waals surface area (Å²) in [5.41, 5.74) is 0. The van der Waals surface area contributed by atoms with E-state index in [0.29, 0.717) is 5.92 Å². The van der Waals surface area contributed by atoms with Gasteiger partial charge >= 0.3 is 0 Å². The molecule has 1 amide bonds. The second-order valence-corrected chi connectivity index (χ2v) is 3.28. The molecule has 58 valence electrons. The standard InChI is InChI=1S/C8H15NO/c1-6(2)7-4-3-5-9-8(7)10/h6-7H,3-5H2,1-2H3,(H,9,10). The maximum absolute atomic E-state index is 11.1. The molecule has 1 saturated heterocycles. The van der Waals surface area contributed by atoms with E-state index in [0.717, 1.165) is 19.4 Å². The Labute approximate surface area is 62.0 Å². The summed E-state index contributed by atoms with van der Waals surface area (Å²) in [4.78, 5) is 11.1. The Balaban J connectivity index is 2.48. The summed E-state index contributed by atoms with van der Waals surface area (Å²) in [7, 11) is 0. The predicted octanol–water partition coefficient (Wildman–Crippen LogP) is 1.17. The lowest BCUT2D eigenvalue weighted by Gasteiger charge is -2.24. The first-order valence-corrected chi connectivity index (χ1v) is 3.99. The maximum Gasteiger partial charge on any atom is 0.223 e. The first-order chi connectivity index (χ1) is 4.72. The van der Waals surface area contributed by atoms with Crippen molar-refractivity contribution < 1.29 is 4.79 Å². The van der Waals surface area contributed by atoms with Crippen LogP contribution in [0.3, 0.4) is 0 Å². The van der Waals surface area contributed by atoms with Gasteiger partial charge in [0.05, 0.1) is 0 Å². The van der Waals surface area contributed by atoms with Gasteiger partial charge < -0.3 is 5.32 Å². The SMILES string of the molecule is CC(C)C1CCCNC1=O. The molecule has 1 heterocycles. The van der Waals surface area contributed by atoms with Crippen molar-refractivity contribution in [3.63, 3.8) is 0 Å². The molecule has 1 aliphatic heterocycles. The first-order valence-electron chi connectivity index (χ1n) is 3.99. The van der Waals surface area contributed by atoms with E-state index in [4.69, 9.17) is 0 Å². The van der Waals surface area contributed by atoms with Gasteiger partial charge in [-0.3, -0.25) is 4.79 Å². The van der Waals surface area contributed by atoms with Crippen LogP contribution in [-0.2, 0) is 4.79 Å². The quantitative estimate of drug-likeness (QED) is 0.583. The van der Waals surface area contributed by atoms with Crippen LogP contribution in [0.5, 0.6) is 0 Å². The van der Waals surface area contributed by atoms with E-state index < -0.39 is 0 Å². The molecule has 0 radical (unpaired) electrons. The lowest BCUT2D eigenvalue weighted by molar-refractivity contribution is -0.128. The number of amides is 1. The molecule has 1 fully saturated rings. The Hall–Kier alpha value is -0.530. The van der Waals surface area contributed by atoms with Crippen LogP contribution in [-0.4, -0.2) is 12.5 Å². The molecule has 0 aromatic carbocycles. The van der Waals surface area contributed by atoms with Crippen molar-refractivity contribution in [1.29, 1.82) is 0 Å². The first kappa shape index (κ1) is 7.58. The summed E-state index contributed by atoms with van der Waals surface area (Å²) in [5, 5.41) is 2.87. The molecule has 0 spiro atoms. The van der Waals surface area contributed by atoms with Gasteiger partial charge in [-0.2, -0.15) is 0 Å². The molecular weight excluding hydrogens is 126 g/mol.